The van der Waals surface area contributed by atoms with Crippen molar-refractivity contribution in [1.29, 1.82) is 0 Å². The molecule has 0 fully saturated rings. The highest BCUT2D eigenvalue weighted by molar-refractivity contribution is 5.76. The van der Waals surface area contributed by atoms with Gasteiger partial charge in [0.25, 0.3) is 0 Å². The second-order valence-corrected chi connectivity index (χ2v) is 5.78. The number of hydrogen-bond donors (Lipinski definition) is 1. The van der Waals surface area contributed by atoms with Crippen LogP contribution in [0.3, 0.4) is 0 Å². The number of fused-ring (bicyclic) bond motifs is 2. The van der Waals surface area contributed by atoms with E-state index in [4.69, 9.17) is 4.98 Å². The molecular formula is C16H18N6. The smallest absolute Gasteiger partial charge is 0.148 e. The molecule has 1 atom stereocenters. The first-order valence-corrected chi connectivity index (χ1v) is 7.59. The molecule has 6 nitrogen and oxygen atoms in total. The fourth-order valence-corrected chi connectivity index (χ4v) is 2.97. The van der Waals surface area contributed by atoms with Crippen LogP contribution in [0.2, 0.25) is 0 Å². The Morgan fingerprint density at radius 1 is 1.09 bits per heavy atom. The molecule has 0 saturated carbocycles. The van der Waals surface area contributed by atoms with E-state index >= 15 is 0 Å². The summed E-state index contributed by atoms with van der Waals surface area (Å²) < 4.78 is 2.00. The average molecular weight is 294 g/mol. The lowest BCUT2D eigenvalue weighted by Crippen LogP contribution is -2.32. The van der Waals surface area contributed by atoms with Crippen LogP contribution in [0.4, 0.5) is 5.82 Å². The summed E-state index contributed by atoms with van der Waals surface area (Å²) in [5, 5.41) is 7.97. The summed E-state index contributed by atoms with van der Waals surface area (Å²) in [6, 6.07) is 8.26. The minimum Gasteiger partial charge on any atom is -0.364 e. The molecule has 4 rings (SSSR count). The van der Waals surface area contributed by atoms with Crippen molar-refractivity contribution in [3.63, 3.8) is 0 Å². The van der Waals surface area contributed by atoms with Crippen molar-refractivity contribution in [3.05, 3.63) is 41.6 Å². The number of para-hydroxylation sites is 2. The summed E-state index contributed by atoms with van der Waals surface area (Å²) in [6.45, 7) is 4.76. The van der Waals surface area contributed by atoms with Crippen molar-refractivity contribution < 1.29 is 0 Å². The zero-order valence-corrected chi connectivity index (χ0v) is 12.7. The van der Waals surface area contributed by atoms with Gasteiger partial charge in [0.15, 0.2) is 0 Å². The summed E-state index contributed by atoms with van der Waals surface area (Å²) in [4.78, 5) is 13.8. The quantitative estimate of drug-likeness (QED) is 0.785. The van der Waals surface area contributed by atoms with Gasteiger partial charge in [-0.05, 0) is 32.4 Å². The van der Waals surface area contributed by atoms with E-state index < -0.39 is 0 Å². The molecule has 0 unspecified atom stereocenters. The number of benzene rings is 1. The molecule has 1 aliphatic heterocycles. The highest BCUT2D eigenvalue weighted by atomic mass is 15.4. The van der Waals surface area contributed by atoms with Crippen LogP contribution in [0.1, 0.15) is 23.8 Å². The molecule has 0 saturated heterocycles. The number of aryl methyl sites for hydroxylation is 3. The van der Waals surface area contributed by atoms with Gasteiger partial charge in [0.05, 0.1) is 23.3 Å². The normalized spacial score (nSPS) is 17.5. The Balaban J connectivity index is 1.60. The minimum absolute atomic E-state index is 0.308. The SMILES string of the molecule is Cc1nc2n(n1)C[C@H](Nc1nc3ccccc3nc1C)CC2. The van der Waals surface area contributed by atoms with Gasteiger partial charge < -0.3 is 5.32 Å². The van der Waals surface area contributed by atoms with E-state index in [9.17, 15) is 0 Å². The maximum Gasteiger partial charge on any atom is 0.148 e. The largest absolute Gasteiger partial charge is 0.364 e. The first-order valence-electron chi connectivity index (χ1n) is 7.59. The lowest BCUT2D eigenvalue weighted by atomic mass is 10.1. The summed E-state index contributed by atoms with van der Waals surface area (Å²) in [5.74, 6) is 2.79. The van der Waals surface area contributed by atoms with Crippen LogP contribution in [0.25, 0.3) is 11.0 Å². The lowest BCUT2D eigenvalue weighted by molar-refractivity contribution is 0.440. The van der Waals surface area contributed by atoms with Crippen LogP contribution in [0.5, 0.6) is 0 Å². The van der Waals surface area contributed by atoms with Crippen molar-refractivity contribution in [2.45, 2.75) is 39.3 Å². The molecule has 0 spiro atoms. The molecule has 6 heteroatoms. The number of rotatable bonds is 2. The molecule has 112 valence electrons. The van der Waals surface area contributed by atoms with Gasteiger partial charge in [-0.3, -0.25) is 0 Å². The van der Waals surface area contributed by atoms with Crippen molar-refractivity contribution in [2.24, 2.45) is 0 Å². The lowest BCUT2D eigenvalue weighted by Gasteiger charge is -2.24. The molecule has 3 aromatic rings. The second kappa shape index (κ2) is 5.05. The Labute approximate surface area is 128 Å². The molecule has 1 aliphatic rings. The predicted molar refractivity (Wildman–Crippen MR) is 84.8 cm³/mol. The molecule has 0 radical (unpaired) electrons. The summed E-state index contributed by atoms with van der Waals surface area (Å²) in [7, 11) is 0. The third kappa shape index (κ3) is 2.30. The zero-order chi connectivity index (χ0) is 15.1. The van der Waals surface area contributed by atoms with E-state index in [-0.39, 0.29) is 0 Å². The van der Waals surface area contributed by atoms with E-state index in [1.165, 1.54) is 0 Å². The van der Waals surface area contributed by atoms with Crippen LogP contribution < -0.4 is 5.32 Å². The second-order valence-electron chi connectivity index (χ2n) is 5.78. The number of anilines is 1. The summed E-state index contributed by atoms with van der Waals surface area (Å²) >= 11 is 0. The third-order valence-corrected chi connectivity index (χ3v) is 4.05. The van der Waals surface area contributed by atoms with Gasteiger partial charge >= 0.3 is 0 Å². The van der Waals surface area contributed by atoms with Crippen LogP contribution in [-0.4, -0.2) is 30.8 Å². The highest BCUT2D eigenvalue weighted by Gasteiger charge is 2.21. The molecule has 1 aromatic carbocycles. The van der Waals surface area contributed by atoms with Crippen LogP contribution in [0.15, 0.2) is 24.3 Å². The maximum absolute atomic E-state index is 4.71. The molecule has 3 heterocycles. The van der Waals surface area contributed by atoms with Gasteiger partial charge in [-0.15, -0.1) is 0 Å². The third-order valence-electron chi connectivity index (χ3n) is 4.05. The van der Waals surface area contributed by atoms with Gasteiger partial charge in [-0.25, -0.2) is 19.6 Å². The van der Waals surface area contributed by atoms with Crippen molar-refractivity contribution in [3.8, 4) is 0 Å². The van der Waals surface area contributed by atoms with E-state index in [1.54, 1.807) is 0 Å². The molecule has 22 heavy (non-hydrogen) atoms. The van der Waals surface area contributed by atoms with Gasteiger partial charge in [-0.1, -0.05) is 12.1 Å². The number of aromatic nitrogens is 5. The minimum atomic E-state index is 0.308. The first kappa shape index (κ1) is 13.2. The number of hydrogen-bond acceptors (Lipinski definition) is 5. The highest BCUT2D eigenvalue weighted by Crippen LogP contribution is 2.20. The number of nitrogens with zero attached hydrogens (tertiary/aromatic N) is 5. The van der Waals surface area contributed by atoms with E-state index in [1.807, 2.05) is 42.8 Å². The monoisotopic (exact) mass is 294 g/mol. The van der Waals surface area contributed by atoms with Crippen molar-refractivity contribution >= 4 is 16.9 Å². The molecule has 1 N–H and O–H groups in total. The van der Waals surface area contributed by atoms with Gasteiger partial charge in [0, 0.05) is 12.5 Å². The maximum atomic E-state index is 4.71. The Hall–Kier alpha value is -2.50. The molecule has 0 aliphatic carbocycles. The van der Waals surface area contributed by atoms with Crippen LogP contribution in [0, 0.1) is 13.8 Å². The molecule has 2 aromatic heterocycles. The topological polar surface area (TPSA) is 68.5 Å². The fourth-order valence-electron chi connectivity index (χ4n) is 2.97. The van der Waals surface area contributed by atoms with Gasteiger partial charge in [-0.2, -0.15) is 5.10 Å². The Bertz CT molecular complexity index is 838. The molecule has 0 amide bonds. The van der Waals surface area contributed by atoms with Gasteiger partial charge in [0.1, 0.15) is 17.5 Å². The Morgan fingerprint density at radius 3 is 2.68 bits per heavy atom. The van der Waals surface area contributed by atoms with E-state index in [2.05, 4.69) is 20.4 Å². The molecule has 0 bridgehead atoms. The predicted octanol–water partition coefficient (Wildman–Crippen LogP) is 2.27. The van der Waals surface area contributed by atoms with Crippen molar-refractivity contribution in [1.82, 2.24) is 24.7 Å². The summed E-state index contributed by atoms with van der Waals surface area (Å²) in [6.07, 6.45) is 1.98. The molecular weight excluding hydrogens is 276 g/mol. The average Bonchev–Trinajstić information content (AvgIpc) is 2.87. The fraction of sp³-hybridized carbons (Fsp3) is 0.375. The van der Waals surface area contributed by atoms with Gasteiger partial charge in [0.2, 0.25) is 0 Å². The Kier molecular flexibility index (Phi) is 3.03. The standard InChI is InChI=1S/C16H18N6/c1-10-16(20-14-6-4-3-5-13(14)17-10)19-12-7-8-15-18-11(2)21-22(15)9-12/h3-6,12H,7-9H2,1-2H3,(H,19,20)/t12-/m1/s1. The number of nitrogens with one attached hydrogen (secondary N) is 1. The van der Waals surface area contributed by atoms with Crippen LogP contribution in [-0.2, 0) is 13.0 Å². The zero-order valence-electron chi connectivity index (χ0n) is 12.7. The van der Waals surface area contributed by atoms with Crippen LogP contribution >= 0.6 is 0 Å². The Morgan fingerprint density at radius 2 is 1.86 bits per heavy atom. The van der Waals surface area contributed by atoms with E-state index in [0.717, 1.165) is 53.6 Å². The van der Waals surface area contributed by atoms with Crippen molar-refractivity contribution in [2.75, 3.05) is 5.32 Å². The summed E-state index contributed by atoms with van der Waals surface area (Å²) in [5.41, 5.74) is 2.78. The first-order chi connectivity index (χ1) is 10.7. The van der Waals surface area contributed by atoms with E-state index in [0.29, 0.717) is 6.04 Å².